The van der Waals surface area contributed by atoms with Gasteiger partial charge in [0.05, 0.1) is 19.3 Å². The molecule has 0 bridgehead atoms. The first-order valence-electron chi connectivity index (χ1n) is 25.7. The third-order valence-corrected chi connectivity index (χ3v) is 13.7. The molecule has 0 saturated carbocycles. The van der Waals surface area contributed by atoms with E-state index in [1.807, 2.05) is 12.2 Å². The number of nitrogens with zero attached hydrogens (tertiary/aromatic N) is 2. The maximum absolute atomic E-state index is 12.9. The summed E-state index contributed by atoms with van der Waals surface area (Å²) < 4.78 is 56.6. The lowest BCUT2D eigenvalue weighted by atomic mass is 10.1. The van der Waals surface area contributed by atoms with E-state index in [9.17, 15) is 48.6 Å². The van der Waals surface area contributed by atoms with Crippen molar-refractivity contribution in [3.63, 3.8) is 0 Å². The molecule has 0 spiro atoms. The van der Waals surface area contributed by atoms with Crippen molar-refractivity contribution in [3.8, 4) is 0 Å². The Bertz CT molecular complexity index is 2070. The number of phosphoric acid groups is 2. The number of esters is 2. The molecule has 0 amide bonds. The minimum absolute atomic E-state index is 0.00158. The second-order valence-electron chi connectivity index (χ2n) is 17.5. The normalized spacial score (nSPS) is 20.1. The molecule has 1 aliphatic heterocycles. The Morgan fingerprint density at radius 3 is 1.93 bits per heavy atom. The Balaban J connectivity index is 1.86. The smallest absolute Gasteiger partial charge is 0.462 e. The summed E-state index contributed by atoms with van der Waals surface area (Å²) in [5.74, 6) is -1.61. The predicted molar refractivity (Wildman–Crippen MR) is 281 cm³/mol. The molecule has 19 nitrogen and oxygen atoms in total. The second kappa shape index (κ2) is 39.3. The van der Waals surface area contributed by atoms with Crippen LogP contribution in [0.15, 0.2) is 102 Å². The highest BCUT2D eigenvalue weighted by atomic mass is 31.3. The summed E-state index contributed by atoms with van der Waals surface area (Å²) in [6.07, 6.45) is 38.4. The highest BCUT2D eigenvalue weighted by molar-refractivity contribution is 7.61. The number of carbonyl (C=O) groups is 2. The van der Waals surface area contributed by atoms with Gasteiger partial charge in [0, 0.05) is 19.0 Å². The summed E-state index contributed by atoms with van der Waals surface area (Å²) >= 11 is 0. The van der Waals surface area contributed by atoms with Gasteiger partial charge in [-0.15, -0.1) is 0 Å². The van der Waals surface area contributed by atoms with Gasteiger partial charge in [-0.1, -0.05) is 150 Å². The zero-order chi connectivity index (χ0) is 53.6. The summed E-state index contributed by atoms with van der Waals surface area (Å²) in [7, 11) is -11.0. The van der Waals surface area contributed by atoms with Crippen LogP contribution in [0.4, 0.5) is 5.82 Å². The topological polar surface area (TPSA) is 286 Å². The van der Waals surface area contributed by atoms with Gasteiger partial charge in [-0.2, -0.15) is 9.29 Å². The molecule has 7 N–H and O–H groups in total. The number of nitrogens with two attached hydrogens (primary N) is 1. The van der Waals surface area contributed by atoms with E-state index in [-0.39, 0.29) is 25.1 Å². The minimum atomic E-state index is -5.48. The number of anilines is 1. The van der Waals surface area contributed by atoms with E-state index in [2.05, 4.69) is 77.8 Å². The molecule has 1 aromatic heterocycles. The van der Waals surface area contributed by atoms with Crippen molar-refractivity contribution in [3.05, 3.63) is 108 Å². The molecule has 1 aliphatic rings. The van der Waals surface area contributed by atoms with Gasteiger partial charge < -0.3 is 45.1 Å². The Morgan fingerprint density at radius 2 is 1.32 bits per heavy atom. The highest BCUT2D eigenvalue weighted by Gasteiger charge is 2.46. The molecule has 1 saturated heterocycles. The monoisotopic (exact) mass is 1070 g/mol. The van der Waals surface area contributed by atoms with Crippen molar-refractivity contribution in [1.82, 2.24) is 9.55 Å². The summed E-state index contributed by atoms with van der Waals surface area (Å²) in [6, 6.07) is 1.23. The van der Waals surface area contributed by atoms with Gasteiger partial charge in [0.1, 0.15) is 30.7 Å². The summed E-state index contributed by atoms with van der Waals surface area (Å²) in [6.45, 7) is 1.78. The Hall–Kier alpha value is -4.10. The average molecular weight is 1070 g/mol. The van der Waals surface area contributed by atoms with E-state index < -0.39 is 89.8 Å². The van der Waals surface area contributed by atoms with Crippen LogP contribution in [0.3, 0.4) is 0 Å². The number of ether oxygens (including phenoxy) is 3. The minimum Gasteiger partial charge on any atom is -0.462 e. The lowest BCUT2D eigenvalue weighted by molar-refractivity contribution is -0.161. The molecule has 2 rings (SSSR count). The molecule has 0 radical (unpaired) electrons. The van der Waals surface area contributed by atoms with Crippen LogP contribution >= 0.6 is 15.6 Å². The van der Waals surface area contributed by atoms with Gasteiger partial charge in [-0.3, -0.25) is 23.2 Å². The van der Waals surface area contributed by atoms with Crippen molar-refractivity contribution in [2.75, 3.05) is 25.6 Å². The van der Waals surface area contributed by atoms with Crippen LogP contribution in [-0.4, -0.2) is 96.9 Å². The standard InChI is InChI=1S/C52H83N3O16P2/c1-3-5-7-9-11-13-15-17-19-21-22-24-26-28-30-32-34-43(56)36-37-47(57)66-40-44(69-48(58)35-33-31-29-27-25-23-20-18-16-14-12-10-8-6-4-2)41-67-72(62,63)71-73(64,65)68-42-45-49(59)50(60)51(70-45)55-39-38-46(53)54-52(55)61/h5,7,11,13,17-20,22,24,28,30,32,34,38-39,43-45,49-51,56,59-60H,3-4,6,8-10,12,14-16,21,23,25-27,29,31,33,35-37,40-42H2,1-2H3,(H,62,63)(H,64,65)(H2,53,54,61)/b7-5-,13-11-,19-17-,20-18-,24-22-,30-28-,34-32-/t43?,44-,45-,49-,50-,51-/m1/s1. The molecule has 1 aromatic rings. The third kappa shape index (κ3) is 32.1. The maximum atomic E-state index is 12.9. The molecular formula is C52H83N3O16P2. The zero-order valence-corrected chi connectivity index (χ0v) is 44.6. The van der Waals surface area contributed by atoms with E-state index in [0.29, 0.717) is 12.8 Å². The number of nitrogen functional groups attached to an aromatic ring is 1. The van der Waals surface area contributed by atoms with Crippen molar-refractivity contribution in [1.29, 1.82) is 0 Å². The van der Waals surface area contributed by atoms with Crippen LogP contribution in [0.5, 0.6) is 0 Å². The largest absolute Gasteiger partial charge is 0.481 e. The van der Waals surface area contributed by atoms with E-state index in [4.69, 9.17) is 29.0 Å². The van der Waals surface area contributed by atoms with Gasteiger partial charge in [-0.05, 0) is 76.7 Å². The Kier molecular flexibility index (Phi) is 35.0. The fourth-order valence-electron chi connectivity index (χ4n) is 7.06. The van der Waals surface area contributed by atoms with E-state index in [0.717, 1.165) is 75.0 Å². The van der Waals surface area contributed by atoms with Crippen LogP contribution in [0, 0.1) is 0 Å². The third-order valence-electron chi connectivity index (χ3n) is 11.1. The first kappa shape index (κ1) is 65.0. The number of hydrogen-bond donors (Lipinski definition) is 6. The zero-order valence-electron chi connectivity index (χ0n) is 42.8. The highest BCUT2D eigenvalue weighted by Crippen LogP contribution is 2.60. The molecular weight excluding hydrogens is 985 g/mol. The van der Waals surface area contributed by atoms with Crippen molar-refractivity contribution in [2.24, 2.45) is 0 Å². The SMILES string of the molecule is CC/C=C\C/C=C\C/C=C\C/C=C\C/C=C\C=C/C(O)CCC(=O)OC[C@H](COP(=O)(O)OP(=O)(O)OC[C@H]1O[C@@H](n2ccc(N)nc2=O)[C@H](O)[C@@H]1O)OC(=O)CCCCCCC/C=C\CCCCCCCC. The van der Waals surface area contributed by atoms with Crippen molar-refractivity contribution < 1.29 is 71.4 Å². The molecule has 412 valence electrons. The van der Waals surface area contributed by atoms with Crippen LogP contribution in [0.2, 0.25) is 0 Å². The number of carbonyl (C=O) groups excluding carboxylic acids is 2. The Morgan fingerprint density at radius 1 is 0.740 bits per heavy atom. The van der Waals surface area contributed by atoms with E-state index in [1.54, 1.807) is 12.2 Å². The number of rotatable bonds is 41. The van der Waals surface area contributed by atoms with Crippen molar-refractivity contribution in [2.45, 2.75) is 185 Å². The molecule has 73 heavy (non-hydrogen) atoms. The second-order valence-corrected chi connectivity index (χ2v) is 20.5. The van der Waals surface area contributed by atoms with Gasteiger partial charge in [0.2, 0.25) is 0 Å². The summed E-state index contributed by atoms with van der Waals surface area (Å²) in [5, 5.41) is 31.3. The molecule has 2 heterocycles. The van der Waals surface area contributed by atoms with E-state index >= 15 is 0 Å². The molecule has 21 heteroatoms. The van der Waals surface area contributed by atoms with Gasteiger partial charge >= 0.3 is 33.3 Å². The number of allylic oxidation sites excluding steroid dienone is 13. The lowest BCUT2D eigenvalue weighted by Crippen LogP contribution is -2.36. The molecule has 0 aromatic carbocycles. The fraction of sp³-hybridized carbons (Fsp3) is 0.615. The van der Waals surface area contributed by atoms with Crippen molar-refractivity contribution >= 4 is 33.4 Å². The lowest BCUT2D eigenvalue weighted by Gasteiger charge is -2.21. The number of aliphatic hydroxyl groups is 3. The van der Waals surface area contributed by atoms with E-state index in [1.165, 1.54) is 50.7 Å². The summed E-state index contributed by atoms with van der Waals surface area (Å²) in [5.41, 5.74) is 4.57. The number of aliphatic hydroxyl groups excluding tert-OH is 3. The van der Waals surface area contributed by atoms with Crippen LogP contribution in [0.25, 0.3) is 0 Å². The van der Waals surface area contributed by atoms with Gasteiger partial charge in [0.15, 0.2) is 12.3 Å². The van der Waals surface area contributed by atoms with Gasteiger partial charge in [-0.25, -0.2) is 13.9 Å². The van der Waals surface area contributed by atoms with Crippen LogP contribution in [-0.2, 0) is 46.3 Å². The first-order chi connectivity index (χ1) is 35.1. The number of phosphoric ester groups is 2. The first-order valence-corrected chi connectivity index (χ1v) is 28.7. The Labute approximate surface area is 431 Å². The maximum Gasteiger partial charge on any atom is 0.481 e. The van der Waals surface area contributed by atoms with Gasteiger partial charge in [0.25, 0.3) is 0 Å². The quantitative estimate of drug-likeness (QED) is 0.0117. The summed E-state index contributed by atoms with van der Waals surface area (Å²) in [4.78, 5) is 61.9. The van der Waals surface area contributed by atoms with Crippen LogP contribution < -0.4 is 11.4 Å². The number of aromatic nitrogens is 2. The predicted octanol–water partition coefficient (Wildman–Crippen LogP) is 9.64. The molecule has 0 aliphatic carbocycles. The van der Waals surface area contributed by atoms with Crippen LogP contribution in [0.1, 0.15) is 155 Å². The number of unbranched alkanes of at least 4 members (excludes halogenated alkanes) is 11. The number of hydrogen-bond acceptors (Lipinski definition) is 16. The molecule has 1 fully saturated rings. The average Bonchev–Trinajstić information content (AvgIpc) is 3.63. The molecule has 3 unspecified atom stereocenters. The fourth-order valence-corrected chi connectivity index (χ4v) is 9.17. The molecule has 8 atom stereocenters.